The number of nitrogens with one attached hydrogen (secondary N) is 2. The van der Waals surface area contributed by atoms with Gasteiger partial charge in [-0.25, -0.2) is 13.1 Å². The molecule has 1 aromatic carbocycles. The van der Waals surface area contributed by atoms with Gasteiger partial charge in [-0.2, -0.15) is 0 Å². The molecule has 8 heteroatoms. The summed E-state index contributed by atoms with van der Waals surface area (Å²) in [6.07, 6.45) is 1.90. The van der Waals surface area contributed by atoms with Crippen LogP contribution in [0.3, 0.4) is 0 Å². The fourth-order valence-corrected chi connectivity index (χ4v) is 3.79. The van der Waals surface area contributed by atoms with Crippen molar-refractivity contribution in [1.82, 2.24) is 14.9 Å². The van der Waals surface area contributed by atoms with E-state index in [2.05, 4.69) is 17.0 Å². The first kappa shape index (κ1) is 20.9. The molecule has 0 saturated carbocycles. The second kappa shape index (κ2) is 8.29. The number of carbonyl (C=O) groups excluding carboxylic acids is 1. The maximum absolute atomic E-state index is 12.4. The number of carbonyl (C=O) groups is 1. The van der Waals surface area contributed by atoms with E-state index in [1.807, 2.05) is 0 Å². The molecule has 1 aliphatic rings. The van der Waals surface area contributed by atoms with Gasteiger partial charge < -0.3 is 10.2 Å². The van der Waals surface area contributed by atoms with Gasteiger partial charge in [0.1, 0.15) is 0 Å². The standard InChI is InChI=1S/C16H25N3O3S.ClH/c1-16(8-10-17-11-9-16)12-18-23(21,22)14-6-4-13(5-7-14)15(20)19(2)3;/h4-7,17-18H,8-12H2,1-3H3;1H. The molecule has 24 heavy (non-hydrogen) atoms. The van der Waals surface area contributed by atoms with E-state index < -0.39 is 10.0 Å². The second-order valence-electron chi connectivity index (χ2n) is 6.61. The van der Waals surface area contributed by atoms with Gasteiger partial charge in [-0.1, -0.05) is 6.92 Å². The summed E-state index contributed by atoms with van der Waals surface area (Å²) >= 11 is 0. The Hall–Kier alpha value is -1.15. The van der Waals surface area contributed by atoms with Gasteiger partial charge in [-0.3, -0.25) is 4.79 Å². The minimum atomic E-state index is -3.56. The van der Waals surface area contributed by atoms with Crippen LogP contribution in [0.25, 0.3) is 0 Å². The fraction of sp³-hybridized carbons (Fsp3) is 0.562. The van der Waals surface area contributed by atoms with E-state index in [0.29, 0.717) is 12.1 Å². The summed E-state index contributed by atoms with van der Waals surface area (Å²) in [7, 11) is -0.234. The number of nitrogens with zero attached hydrogens (tertiary/aromatic N) is 1. The lowest BCUT2D eigenvalue weighted by molar-refractivity contribution is 0.0827. The predicted octanol–water partition coefficient (Wildman–Crippen LogP) is 1.48. The molecule has 1 heterocycles. The summed E-state index contributed by atoms with van der Waals surface area (Å²) in [6, 6.07) is 6.04. The van der Waals surface area contributed by atoms with Crippen molar-refractivity contribution < 1.29 is 13.2 Å². The highest BCUT2D eigenvalue weighted by molar-refractivity contribution is 7.89. The highest BCUT2D eigenvalue weighted by Crippen LogP contribution is 2.27. The average Bonchev–Trinajstić information content (AvgIpc) is 2.53. The normalized spacial score (nSPS) is 17.0. The van der Waals surface area contributed by atoms with Crippen LogP contribution in [0.15, 0.2) is 29.2 Å². The van der Waals surface area contributed by atoms with Crippen LogP contribution >= 0.6 is 12.4 Å². The van der Waals surface area contributed by atoms with Crippen LogP contribution in [0, 0.1) is 5.41 Å². The molecular formula is C16H26ClN3O3S. The first-order valence-corrected chi connectivity index (χ1v) is 9.24. The van der Waals surface area contributed by atoms with Crippen LogP contribution in [0.2, 0.25) is 0 Å². The van der Waals surface area contributed by atoms with E-state index in [1.165, 1.54) is 17.0 Å². The van der Waals surface area contributed by atoms with Gasteiger partial charge in [0, 0.05) is 26.2 Å². The first-order chi connectivity index (χ1) is 10.7. The topological polar surface area (TPSA) is 78.5 Å². The van der Waals surface area contributed by atoms with Crippen molar-refractivity contribution in [2.45, 2.75) is 24.7 Å². The van der Waals surface area contributed by atoms with Crippen LogP contribution in [-0.4, -0.2) is 53.0 Å². The van der Waals surface area contributed by atoms with Gasteiger partial charge in [0.05, 0.1) is 4.90 Å². The van der Waals surface area contributed by atoms with Crippen LogP contribution in [-0.2, 0) is 10.0 Å². The van der Waals surface area contributed by atoms with Crippen molar-refractivity contribution in [2.75, 3.05) is 33.7 Å². The zero-order valence-corrected chi connectivity index (χ0v) is 16.0. The molecule has 1 aliphatic heterocycles. The zero-order chi connectivity index (χ0) is 17.1. The van der Waals surface area contributed by atoms with Crippen LogP contribution < -0.4 is 10.0 Å². The van der Waals surface area contributed by atoms with E-state index in [1.54, 1.807) is 26.2 Å². The number of hydrogen-bond donors (Lipinski definition) is 2. The second-order valence-corrected chi connectivity index (χ2v) is 8.38. The summed E-state index contributed by atoms with van der Waals surface area (Å²) in [5.41, 5.74) is 0.457. The molecule has 2 N–H and O–H groups in total. The number of benzene rings is 1. The molecule has 0 bridgehead atoms. The third-order valence-electron chi connectivity index (χ3n) is 4.32. The van der Waals surface area contributed by atoms with E-state index in [4.69, 9.17) is 0 Å². The van der Waals surface area contributed by atoms with Crippen molar-refractivity contribution >= 4 is 28.3 Å². The number of halogens is 1. The number of piperidine rings is 1. The molecule has 0 atom stereocenters. The fourth-order valence-electron chi connectivity index (χ4n) is 2.59. The van der Waals surface area contributed by atoms with Gasteiger partial charge in [0.15, 0.2) is 0 Å². The van der Waals surface area contributed by atoms with Gasteiger partial charge in [-0.15, -0.1) is 12.4 Å². The summed E-state index contributed by atoms with van der Waals surface area (Å²) < 4.78 is 27.5. The number of rotatable bonds is 5. The maximum Gasteiger partial charge on any atom is 0.253 e. The molecular weight excluding hydrogens is 350 g/mol. The van der Waals surface area contributed by atoms with E-state index in [0.717, 1.165) is 25.9 Å². The minimum absolute atomic E-state index is 0. The number of sulfonamides is 1. The summed E-state index contributed by atoms with van der Waals surface area (Å²) in [4.78, 5) is 13.5. The molecule has 2 rings (SSSR count). The molecule has 1 saturated heterocycles. The molecule has 1 amide bonds. The lowest BCUT2D eigenvalue weighted by Crippen LogP contribution is -2.42. The quantitative estimate of drug-likeness (QED) is 0.817. The first-order valence-electron chi connectivity index (χ1n) is 7.76. The largest absolute Gasteiger partial charge is 0.345 e. The average molecular weight is 376 g/mol. The Bertz CT molecular complexity index is 654. The van der Waals surface area contributed by atoms with Crippen molar-refractivity contribution in [3.8, 4) is 0 Å². The van der Waals surface area contributed by atoms with Crippen LogP contribution in [0.5, 0.6) is 0 Å². The Kier molecular flexibility index (Phi) is 7.22. The van der Waals surface area contributed by atoms with Gasteiger partial charge in [-0.05, 0) is 55.6 Å². The zero-order valence-electron chi connectivity index (χ0n) is 14.3. The summed E-state index contributed by atoms with van der Waals surface area (Å²) in [6.45, 7) is 4.36. The Morgan fingerprint density at radius 2 is 1.75 bits per heavy atom. The van der Waals surface area contributed by atoms with Crippen LogP contribution in [0.4, 0.5) is 0 Å². The molecule has 136 valence electrons. The lowest BCUT2D eigenvalue weighted by atomic mass is 9.81. The molecule has 1 fully saturated rings. The highest BCUT2D eigenvalue weighted by atomic mass is 35.5. The van der Waals surface area contributed by atoms with Crippen molar-refractivity contribution in [1.29, 1.82) is 0 Å². The van der Waals surface area contributed by atoms with Crippen molar-refractivity contribution in [2.24, 2.45) is 5.41 Å². The Morgan fingerprint density at radius 1 is 1.21 bits per heavy atom. The lowest BCUT2D eigenvalue weighted by Gasteiger charge is -2.34. The predicted molar refractivity (Wildman–Crippen MR) is 97.1 cm³/mol. The van der Waals surface area contributed by atoms with Gasteiger partial charge in [0.25, 0.3) is 5.91 Å². The monoisotopic (exact) mass is 375 g/mol. The molecule has 0 unspecified atom stereocenters. The van der Waals surface area contributed by atoms with Crippen LogP contribution in [0.1, 0.15) is 30.1 Å². The maximum atomic E-state index is 12.4. The minimum Gasteiger partial charge on any atom is -0.345 e. The van der Waals surface area contributed by atoms with E-state index in [9.17, 15) is 13.2 Å². The van der Waals surface area contributed by atoms with Gasteiger partial charge in [0.2, 0.25) is 10.0 Å². The summed E-state index contributed by atoms with van der Waals surface area (Å²) in [5.74, 6) is -0.149. The smallest absolute Gasteiger partial charge is 0.253 e. The molecule has 0 aliphatic carbocycles. The van der Waals surface area contributed by atoms with Crippen molar-refractivity contribution in [3.63, 3.8) is 0 Å². The summed E-state index contributed by atoms with van der Waals surface area (Å²) in [5, 5.41) is 3.28. The molecule has 1 aromatic rings. The Morgan fingerprint density at radius 3 is 2.25 bits per heavy atom. The Labute approximate surface area is 150 Å². The molecule has 0 aromatic heterocycles. The van der Waals surface area contributed by atoms with E-state index in [-0.39, 0.29) is 28.6 Å². The molecule has 6 nitrogen and oxygen atoms in total. The Balaban J connectivity index is 0.00000288. The molecule has 0 radical (unpaired) electrons. The van der Waals surface area contributed by atoms with Crippen molar-refractivity contribution in [3.05, 3.63) is 29.8 Å². The number of amides is 1. The third kappa shape index (κ3) is 5.17. The number of hydrogen-bond acceptors (Lipinski definition) is 4. The SMILES string of the molecule is CN(C)C(=O)c1ccc(S(=O)(=O)NCC2(C)CCNCC2)cc1.Cl. The third-order valence-corrected chi connectivity index (χ3v) is 5.73. The van der Waals surface area contributed by atoms with E-state index >= 15 is 0 Å². The highest BCUT2D eigenvalue weighted by Gasteiger charge is 2.28. The van der Waals surface area contributed by atoms with Gasteiger partial charge >= 0.3 is 0 Å². The molecule has 0 spiro atoms.